The number of pyridine rings is 1. The Balaban J connectivity index is 1.49. The van der Waals surface area contributed by atoms with Crippen LogP contribution in [-0.2, 0) is 0 Å². The van der Waals surface area contributed by atoms with Crippen molar-refractivity contribution in [1.82, 2.24) is 4.98 Å². The van der Waals surface area contributed by atoms with Crippen molar-refractivity contribution in [2.75, 3.05) is 23.8 Å². The fourth-order valence-corrected chi connectivity index (χ4v) is 2.69. The molecule has 0 radical (unpaired) electrons. The Morgan fingerprint density at radius 3 is 2.43 bits per heavy atom. The number of anilines is 3. The maximum Gasteiger partial charge on any atom is 0.274 e. The van der Waals surface area contributed by atoms with Crippen molar-refractivity contribution < 1.29 is 23.0 Å². The number of aromatic nitrogens is 1. The molecule has 2 heterocycles. The topological polar surface area (TPSA) is 72.5 Å². The number of ether oxygens (including phenoxy) is 2. The summed E-state index contributed by atoms with van der Waals surface area (Å²) in [5.41, 5.74) is 1.63. The Kier molecular flexibility index (Phi) is 4.76. The fraction of sp³-hybridized carbons (Fsp3) is 0.100. The van der Waals surface area contributed by atoms with Gasteiger partial charge in [0.05, 0.1) is 0 Å². The van der Waals surface area contributed by atoms with E-state index in [1.165, 1.54) is 12.3 Å². The van der Waals surface area contributed by atoms with Crippen LogP contribution in [0.25, 0.3) is 0 Å². The summed E-state index contributed by atoms with van der Waals surface area (Å²) < 4.78 is 37.3. The van der Waals surface area contributed by atoms with Crippen molar-refractivity contribution in [3.05, 3.63) is 72.1 Å². The van der Waals surface area contributed by atoms with Crippen molar-refractivity contribution >= 4 is 23.0 Å². The van der Waals surface area contributed by atoms with Crippen LogP contribution in [0.3, 0.4) is 0 Å². The van der Waals surface area contributed by atoms with Gasteiger partial charge in [-0.3, -0.25) is 9.78 Å². The average molecular weight is 383 g/mol. The van der Waals surface area contributed by atoms with Gasteiger partial charge in [-0.2, -0.15) is 0 Å². The summed E-state index contributed by atoms with van der Waals surface area (Å²) in [4.78, 5) is 16.4. The number of carbonyl (C=O) groups is 1. The van der Waals surface area contributed by atoms with Crippen LogP contribution in [0, 0.1) is 11.6 Å². The number of carbonyl (C=O) groups excluding carboxylic acids is 1. The first-order valence-electron chi connectivity index (χ1n) is 8.47. The second-order valence-corrected chi connectivity index (χ2v) is 6.00. The highest BCUT2D eigenvalue weighted by molar-refractivity contribution is 6.03. The van der Waals surface area contributed by atoms with Crippen molar-refractivity contribution in [3.63, 3.8) is 0 Å². The molecule has 1 aromatic heterocycles. The molecule has 142 valence electrons. The second kappa shape index (κ2) is 7.51. The number of nitrogens with one attached hydrogen (secondary N) is 2. The van der Waals surface area contributed by atoms with Gasteiger partial charge >= 0.3 is 0 Å². The number of benzene rings is 2. The van der Waals surface area contributed by atoms with E-state index in [2.05, 4.69) is 15.6 Å². The van der Waals surface area contributed by atoms with Crippen LogP contribution in [0.5, 0.6) is 11.5 Å². The molecule has 0 spiro atoms. The molecular weight excluding hydrogens is 368 g/mol. The molecule has 1 aliphatic rings. The Bertz CT molecular complexity index is 1040. The third-order valence-corrected chi connectivity index (χ3v) is 4.00. The monoisotopic (exact) mass is 383 g/mol. The lowest BCUT2D eigenvalue weighted by atomic mass is 10.2. The van der Waals surface area contributed by atoms with Gasteiger partial charge in [-0.25, -0.2) is 8.78 Å². The van der Waals surface area contributed by atoms with E-state index in [1.807, 2.05) is 6.07 Å². The summed E-state index contributed by atoms with van der Waals surface area (Å²) in [6.07, 6.45) is 1.47. The van der Waals surface area contributed by atoms with Crippen molar-refractivity contribution in [2.24, 2.45) is 0 Å². The Morgan fingerprint density at radius 1 is 0.857 bits per heavy atom. The second-order valence-electron chi connectivity index (χ2n) is 6.00. The summed E-state index contributed by atoms with van der Waals surface area (Å²) in [7, 11) is 0. The third-order valence-electron chi connectivity index (χ3n) is 4.00. The summed E-state index contributed by atoms with van der Waals surface area (Å²) in [6.45, 7) is 1.00. The fourth-order valence-electron chi connectivity index (χ4n) is 2.69. The summed E-state index contributed by atoms with van der Waals surface area (Å²) in [5.74, 6) is -1.25. The quantitative estimate of drug-likeness (QED) is 0.709. The molecule has 0 unspecified atom stereocenters. The molecular formula is C20H15F2N3O3. The molecule has 1 aliphatic heterocycles. The lowest BCUT2D eigenvalue weighted by Gasteiger charge is -2.19. The maximum absolute atomic E-state index is 13.3. The van der Waals surface area contributed by atoms with Crippen LogP contribution >= 0.6 is 0 Å². The molecule has 2 aromatic carbocycles. The molecule has 0 atom stereocenters. The zero-order chi connectivity index (χ0) is 19.5. The van der Waals surface area contributed by atoms with E-state index >= 15 is 0 Å². The Hall–Kier alpha value is -3.68. The highest BCUT2D eigenvalue weighted by Crippen LogP contribution is 2.33. The molecule has 1 amide bonds. The minimum atomic E-state index is -1.04. The highest BCUT2D eigenvalue weighted by Gasteiger charge is 2.13. The summed E-state index contributed by atoms with van der Waals surface area (Å²) in [5, 5.41) is 5.65. The van der Waals surface area contributed by atoms with E-state index in [4.69, 9.17) is 9.47 Å². The molecule has 2 N–H and O–H groups in total. The van der Waals surface area contributed by atoms with Crippen LogP contribution in [0.4, 0.5) is 25.8 Å². The zero-order valence-corrected chi connectivity index (χ0v) is 14.5. The Labute approximate surface area is 159 Å². The van der Waals surface area contributed by atoms with Crippen LogP contribution in [0.15, 0.2) is 54.7 Å². The number of rotatable bonds is 4. The summed E-state index contributed by atoms with van der Waals surface area (Å²) in [6, 6.07) is 11.8. The first-order valence-corrected chi connectivity index (χ1v) is 8.47. The molecule has 4 rings (SSSR count). The zero-order valence-electron chi connectivity index (χ0n) is 14.5. The van der Waals surface area contributed by atoms with Crippen LogP contribution in [-0.4, -0.2) is 24.1 Å². The predicted molar refractivity (Wildman–Crippen MR) is 99.3 cm³/mol. The molecule has 0 bridgehead atoms. The standard InChI is InChI=1S/C20H15F2N3O3/c21-15-3-1-12(9-16(15)22)25-20(26)17-10-14(5-6-23-17)24-13-2-4-18-19(11-13)28-8-7-27-18/h1-6,9-11H,7-8H2,(H,23,24)(H,25,26). The first kappa shape index (κ1) is 17.7. The lowest BCUT2D eigenvalue weighted by molar-refractivity contribution is 0.102. The number of nitrogens with zero attached hydrogens (tertiary/aromatic N) is 1. The molecule has 0 aliphatic carbocycles. The van der Waals surface area contributed by atoms with Gasteiger partial charge in [-0.1, -0.05) is 0 Å². The van der Waals surface area contributed by atoms with Crippen LogP contribution < -0.4 is 20.1 Å². The minimum Gasteiger partial charge on any atom is -0.486 e. The van der Waals surface area contributed by atoms with E-state index in [1.54, 1.807) is 24.3 Å². The van der Waals surface area contributed by atoms with E-state index in [9.17, 15) is 13.6 Å². The molecule has 6 nitrogen and oxygen atoms in total. The Morgan fingerprint density at radius 2 is 1.61 bits per heavy atom. The number of fused-ring (bicyclic) bond motifs is 1. The van der Waals surface area contributed by atoms with Gasteiger partial charge in [0.1, 0.15) is 18.9 Å². The number of amides is 1. The van der Waals surface area contributed by atoms with E-state index < -0.39 is 17.5 Å². The van der Waals surface area contributed by atoms with Gasteiger partial charge in [0.2, 0.25) is 0 Å². The minimum absolute atomic E-state index is 0.118. The lowest BCUT2D eigenvalue weighted by Crippen LogP contribution is -2.15. The molecule has 0 saturated carbocycles. The molecule has 0 saturated heterocycles. The number of hydrogen-bond acceptors (Lipinski definition) is 5. The first-order chi connectivity index (χ1) is 13.6. The third kappa shape index (κ3) is 3.85. The van der Waals surface area contributed by atoms with Gasteiger partial charge in [0, 0.05) is 35.4 Å². The predicted octanol–water partition coefficient (Wildman–Crippen LogP) is 4.13. The van der Waals surface area contributed by atoms with Gasteiger partial charge in [0.15, 0.2) is 23.1 Å². The van der Waals surface area contributed by atoms with E-state index in [0.29, 0.717) is 30.4 Å². The van der Waals surface area contributed by atoms with Crippen molar-refractivity contribution in [3.8, 4) is 11.5 Å². The van der Waals surface area contributed by atoms with Crippen molar-refractivity contribution in [1.29, 1.82) is 0 Å². The van der Waals surface area contributed by atoms with E-state index in [0.717, 1.165) is 17.8 Å². The van der Waals surface area contributed by atoms with Crippen LogP contribution in [0.2, 0.25) is 0 Å². The van der Waals surface area contributed by atoms with Gasteiger partial charge < -0.3 is 20.1 Å². The number of hydrogen-bond donors (Lipinski definition) is 2. The number of halogens is 2. The van der Waals surface area contributed by atoms with Gasteiger partial charge in [0.25, 0.3) is 5.91 Å². The maximum atomic E-state index is 13.3. The largest absolute Gasteiger partial charge is 0.486 e. The molecule has 28 heavy (non-hydrogen) atoms. The summed E-state index contributed by atoms with van der Waals surface area (Å²) >= 11 is 0. The van der Waals surface area contributed by atoms with Gasteiger partial charge in [-0.15, -0.1) is 0 Å². The van der Waals surface area contributed by atoms with Gasteiger partial charge in [-0.05, 0) is 36.4 Å². The normalized spacial score (nSPS) is 12.4. The molecule has 0 fully saturated rings. The molecule has 8 heteroatoms. The SMILES string of the molecule is O=C(Nc1ccc(F)c(F)c1)c1cc(Nc2ccc3c(c2)OCCO3)ccn1. The van der Waals surface area contributed by atoms with Crippen LogP contribution in [0.1, 0.15) is 10.5 Å². The van der Waals surface area contributed by atoms with E-state index in [-0.39, 0.29) is 11.4 Å². The average Bonchev–Trinajstić information content (AvgIpc) is 2.71. The van der Waals surface area contributed by atoms with Crippen molar-refractivity contribution in [2.45, 2.75) is 0 Å². The highest BCUT2D eigenvalue weighted by atomic mass is 19.2. The molecule has 3 aromatic rings. The smallest absolute Gasteiger partial charge is 0.274 e.